The molecular weight excluding hydrogens is 172 g/mol. The number of fused-ring (bicyclic) bond motifs is 1. The minimum absolute atomic E-state index is 0.273. The van der Waals surface area contributed by atoms with Crippen LogP contribution in [0.1, 0.15) is 20.8 Å². The summed E-state index contributed by atoms with van der Waals surface area (Å²) in [5.41, 5.74) is 1.50. The minimum atomic E-state index is 0.273. The Hall–Kier alpha value is -1.31. The van der Waals surface area contributed by atoms with Crippen molar-refractivity contribution in [2.75, 3.05) is 0 Å². The number of rotatable bonds is 1. The molecule has 0 fully saturated rings. The lowest BCUT2D eigenvalue weighted by molar-refractivity contribution is 0.331. The molecule has 0 radical (unpaired) electrons. The van der Waals surface area contributed by atoms with E-state index in [1.54, 1.807) is 0 Å². The lowest BCUT2D eigenvalue weighted by atomic mass is 9.97. The first-order chi connectivity index (χ1) is 6.56. The van der Waals surface area contributed by atoms with Crippen molar-refractivity contribution in [1.82, 2.24) is 9.78 Å². The molecule has 1 aromatic heterocycles. The second kappa shape index (κ2) is 3.12. The first-order valence-electron chi connectivity index (χ1n) is 4.97. The summed E-state index contributed by atoms with van der Waals surface area (Å²) in [7, 11) is 0. The molecule has 14 heavy (non-hydrogen) atoms. The number of benzene rings is 1. The quantitative estimate of drug-likeness (QED) is 0.672. The van der Waals surface area contributed by atoms with Gasteiger partial charge in [-0.3, -0.25) is 4.68 Å². The standard InChI is InChI=1S/C12H16N2/c1-12(2,3)9-14-11-7-5-4-6-10(11)8-13-14/h4-8H,9H2,1-3H3. The van der Waals surface area contributed by atoms with Crippen molar-refractivity contribution in [3.8, 4) is 0 Å². The normalized spacial score (nSPS) is 12.2. The minimum Gasteiger partial charge on any atom is -0.264 e. The van der Waals surface area contributed by atoms with Crippen molar-refractivity contribution in [2.24, 2.45) is 5.41 Å². The fraction of sp³-hybridized carbons (Fsp3) is 0.417. The summed E-state index contributed by atoms with van der Waals surface area (Å²) in [6.07, 6.45) is 1.93. The van der Waals surface area contributed by atoms with Crippen molar-refractivity contribution in [3.05, 3.63) is 30.5 Å². The molecule has 2 heteroatoms. The molecule has 74 valence electrons. The van der Waals surface area contributed by atoms with Gasteiger partial charge in [-0.1, -0.05) is 39.0 Å². The summed E-state index contributed by atoms with van der Waals surface area (Å²) < 4.78 is 2.08. The van der Waals surface area contributed by atoms with Crippen LogP contribution in [-0.2, 0) is 6.54 Å². The van der Waals surface area contributed by atoms with Crippen molar-refractivity contribution in [3.63, 3.8) is 0 Å². The van der Waals surface area contributed by atoms with Crippen LogP contribution < -0.4 is 0 Å². The molecule has 0 saturated carbocycles. The van der Waals surface area contributed by atoms with Crippen LogP contribution >= 0.6 is 0 Å². The highest BCUT2D eigenvalue weighted by Crippen LogP contribution is 2.20. The second-order valence-electron chi connectivity index (χ2n) is 4.92. The first kappa shape index (κ1) is 9.25. The van der Waals surface area contributed by atoms with Gasteiger partial charge in [-0.15, -0.1) is 0 Å². The summed E-state index contributed by atoms with van der Waals surface area (Å²) in [5, 5.41) is 5.62. The number of hydrogen-bond donors (Lipinski definition) is 0. The highest BCUT2D eigenvalue weighted by atomic mass is 15.3. The predicted molar refractivity (Wildman–Crippen MR) is 59.2 cm³/mol. The smallest absolute Gasteiger partial charge is 0.0682 e. The van der Waals surface area contributed by atoms with Gasteiger partial charge in [0, 0.05) is 11.9 Å². The Morgan fingerprint density at radius 1 is 1.21 bits per heavy atom. The van der Waals surface area contributed by atoms with E-state index in [4.69, 9.17) is 0 Å². The van der Waals surface area contributed by atoms with E-state index in [2.05, 4.69) is 48.8 Å². The topological polar surface area (TPSA) is 17.8 Å². The third-order valence-electron chi connectivity index (χ3n) is 2.18. The van der Waals surface area contributed by atoms with E-state index in [1.807, 2.05) is 12.3 Å². The zero-order valence-corrected chi connectivity index (χ0v) is 8.99. The lowest BCUT2D eigenvalue weighted by Crippen LogP contribution is -2.16. The number of para-hydroxylation sites is 1. The van der Waals surface area contributed by atoms with Crippen molar-refractivity contribution in [2.45, 2.75) is 27.3 Å². The highest BCUT2D eigenvalue weighted by molar-refractivity contribution is 5.78. The molecule has 0 atom stereocenters. The molecule has 0 unspecified atom stereocenters. The van der Waals surface area contributed by atoms with Gasteiger partial charge in [-0.05, 0) is 11.5 Å². The molecule has 2 rings (SSSR count). The summed E-state index contributed by atoms with van der Waals surface area (Å²) >= 11 is 0. The summed E-state index contributed by atoms with van der Waals surface area (Å²) in [6.45, 7) is 7.64. The molecule has 1 aromatic carbocycles. The van der Waals surface area contributed by atoms with Crippen LogP contribution in [0.25, 0.3) is 10.9 Å². The third kappa shape index (κ3) is 1.79. The summed E-state index contributed by atoms with van der Waals surface area (Å²) in [4.78, 5) is 0. The van der Waals surface area contributed by atoms with Crippen LogP contribution in [0.2, 0.25) is 0 Å². The Morgan fingerprint density at radius 2 is 1.93 bits per heavy atom. The molecule has 2 aromatic rings. The van der Waals surface area contributed by atoms with E-state index >= 15 is 0 Å². The number of aromatic nitrogens is 2. The third-order valence-corrected chi connectivity index (χ3v) is 2.18. The van der Waals surface area contributed by atoms with Crippen molar-refractivity contribution >= 4 is 10.9 Å². The van der Waals surface area contributed by atoms with Crippen LogP contribution in [0.15, 0.2) is 30.5 Å². The Kier molecular flexibility index (Phi) is 2.06. The van der Waals surface area contributed by atoms with Gasteiger partial charge >= 0.3 is 0 Å². The van der Waals surface area contributed by atoms with Gasteiger partial charge in [0.1, 0.15) is 0 Å². The number of hydrogen-bond acceptors (Lipinski definition) is 1. The molecule has 0 saturated heterocycles. The van der Waals surface area contributed by atoms with Gasteiger partial charge in [0.05, 0.1) is 11.7 Å². The maximum atomic E-state index is 4.40. The molecule has 0 N–H and O–H groups in total. The van der Waals surface area contributed by atoms with E-state index in [1.165, 1.54) is 10.9 Å². The van der Waals surface area contributed by atoms with E-state index in [-0.39, 0.29) is 5.41 Å². The maximum Gasteiger partial charge on any atom is 0.0682 e. The first-order valence-corrected chi connectivity index (χ1v) is 4.97. The fourth-order valence-electron chi connectivity index (χ4n) is 1.60. The van der Waals surface area contributed by atoms with Gasteiger partial charge in [-0.2, -0.15) is 5.10 Å². The van der Waals surface area contributed by atoms with Crippen LogP contribution in [0.5, 0.6) is 0 Å². The van der Waals surface area contributed by atoms with Gasteiger partial charge in [-0.25, -0.2) is 0 Å². The van der Waals surface area contributed by atoms with Gasteiger partial charge in [0.2, 0.25) is 0 Å². The zero-order chi connectivity index (χ0) is 10.2. The molecule has 0 aliphatic rings. The highest BCUT2D eigenvalue weighted by Gasteiger charge is 2.13. The Bertz CT molecular complexity index is 435. The van der Waals surface area contributed by atoms with Gasteiger partial charge in [0.15, 0.2) is 0 Å². The monoisotopic (exact) mass is 188 g/mol. The molecule has 0 spiro atoms. The molecule has 0 bridgehead atoms. The van der Waals surface area contributed by atoms with E-state index in [9.17, 15) is 0 Å². The molecule has 0 aliphatic carbocycles. The van der Waals surface area contributed by atoms with E-state index in [0.717, 1.165) is 6.54 Å². The van der Waals surface area contributed by atoms with Crippen molar-refractivity contribution in [1.29, 1.82) is 0 Å². The van der Waals surface area contributed by atoms with Crippen LogP contribution in [0.4, 0.5) is 0 Å². The van der Waals surface area contributed by atoms with Crippen LogP contribution in [-0.4, -0.2) is 9.78 Å². The summed E-state index contributed by atoms with van der Waals surface area (Å²) in [5.74, 6) is 0. The molecule has 0 amide bonds. The lowest BCUT2D eigenvalue weighted by Gasteiger charge is -2.18. The second-order valence-corrected chi connectivity index (χ2v) is 4.92. The van der Waals surface area contributed by atoms with E-state index in [0.29, 0.717) is 0 Å². The molecular formula is C12H16N2. The van der Waals surface area contributed by atoms with Crippen LogP contribution in [0, 0.1) is 5.41 Å². The average molecular weight is 188 g/mol. The molecule has 1 heterocycles. The average Bonchev–Trinajstić information content (AvgIpc) is 2.47. The summed E-state index contributed by atoms with van der Waals surface area (Å²) in [6, 6.07) is 8.32. The largest absolute Gasteiger partial charge is 0.264 e. The van der Waals surface area contributed by atoms with E-state index < -0.39 is 0 Å². The Labute approximate surface area is 84.5 Å². The van der Waals surface area contributed by atoms with Gasteiger partial charge < -0.3 is 0 Å². The predicted octanol–water partition coefficient (Wildman–Crippen LogP) is 3.08. The van der Waals surface area contributed by atoms with Crippen molar-refractivity contribution < 1.29 is 0 Å². The Balaban J connectivity index is 2.44. The maximum absolute atomic E-state index is 4.40. The number of nitrogens with zero attached hydrogens (tertiary/aromatic N) is 2. The van der Waals surface area contributed by atoms with Crippen LogP contribution in [0.3, 0.4) is 0 Å². The molecule has 2 nitrogen and oxygen atoms in total. The van der Waals surface area contributed by atoms with Gasteiger partial charge in [0.25, 0.3) is 0 Å². The fourth-order valence-corrected chi connectivity index (χ4v) is 1.60. The molecule has 0 aliphatic heterocycles. The SMILES string of the molecule is CC(C)(C)Cn1ncc2ccccc21. The zero-order valence-electron chi connectivity index (χ0n) is 8.99. The Morgan fingerprint density at radius 3 is 2.64 bits per heavy atom.